The van der Waals surface area contributed by atoms with Gasteiger partial charge in [0.05, 0.1) is 17.5 Å². The van der Waals surface area contributed by atoms with Gasteiger partial charge in [-0.15, -0.1) is 11.8 Å². The van der Waals surface area contributed by atoms with Gasteiger partial charge in [0.25, 0.3) is 0 Å². The van der Waals surface area contributed by atoms with E-state index in [1.54, 1.807) is 11.8 Å². The van der Waals surface area contributed by atoms with Crippen molar-refractivity contribution in [2.24, 2.45) is 0 Å². The van der Waals surface area contributed by atoms with Crippen LogP contribution in [0.15, 0.2) is 23.1 Å². The Hall–Kier alpha value is -1.23. The minimum Gasteiger partial charge on any atom is -0.368 e. The maximum atomic E-state index is 11.5. The van der Waals surface area contributed by atoms with Crippen LogP contribution < -0.4 is 4.90 Å². The van der Waals surface area contributed by atoms with Crippen LogP contribution in [-0.4, -0.2) is 50.9 Å². The molecular formula is C14H19N3O2S2. The van der Waals surface area contributed by atoms with E-state index in [-0.39, 0.29) is 0 Å². The van der Waals surface area contributed by atoms with Crippen molar-refractivity contribution < 1.29 is 8.42 Å². The Kier molecular flexibility index (Phi) is 5.14. The molecule has 1 aromatic carbocycles. The van der Waals surface area contributed by atoms with Gasteiger partial charge < -0.3 is 4.90 Å². The molecule has 21 heavy (non-hydrogen) atoms. The first-order valence-electron chi connectivity index (χ1n) is 6.83. The summed E-state index contributed by atoms with van der Waals surface area (Å²) < 4.78 is 24.6. The number of thioether (sulfide) groups is 1. The van der Waals surface area contributed by atoms with Gasteiger partial charge in [-0.25, -0.2) is 8.42 Å². The molecule has 1 fully saturated rings. The summed E-state index contributed by atoms with van der Waals surface area (Å²) in [6.45, 7) is 4.22. The zero-order chi connectivity index (χ0) is 15.5. The molecule has 0 spiro atoms. The van der Waals surface area contributed by atoms with Gasteiger partial charge in [0, 0.05) is 31.1 Å². The molecular weight excluding hydrogens is 306 g/mol. The van der Waals surface area contributed by atoms with Crippen molar-refractivity contribution in [3.63, 3.8) is 0 Å². The molecule has 0 bridgehead atoms. The maximum Gasteiger partial charge on any atom is 0.211 e. The molecule has 0 N–H and O–H groups in total. The first-order chi connectivity index (χ1) is 9.97. The van der Waals surface area contributed by atoms with Crippen molar-refractivity contribution in [2.75, 3.05) is 43.1 Å². The van der Waals surface area contributed by atoms with Crippen LogP contribution in [0.5, 0.6) is 0 Å². The molecule has 0 atom stereocenters. The highest BCUT2D eigenvalue weighted by Crippen LogP contribution is 2.30. The number of nitrogens with zero attached hydrogens (tertiary/aromatic N) is 3. The summed E-state index contributed by atoms with van der Waals surface area (Å²) in [7, 11) is -3.13. The van der Waals surface area contributed by atoms with Crippen LogP contribution in [-0.2, 0) is 10.0 Å². The van der Waals surface area contributed by atoms with E-state index < -0.39 is 10.0 Å². The van der Waals surface area contributed by atoms with E-state index >= 15 is 0 Å². The predicted molar refractivity (Wildman–Crippen MR) is 86.2 cm³/mol. The van der Waals surface area contributed by atoms with E-state index in [4.69, 9.17) is 0 Å². The third-order valence-corrected chi connectivity index (χ3v) is 5.71. The van der Waals surface area contributed by atoms with E-state index in [1.807, 2.05) is 18.2 Å². The van der Waals surface area contributed by atoms with Crippen LogP contribution in [0, 0.1) is 11.3 Å². The van der Waals surface area contributed by atoms with Crippen molar-refractivity contribution in [1.82, 2.24) is 4.31 Å². The van der Waals surface area contributed by atoms with Gasteiger partial charge in [-0.2, -0.15) is 9.57 Å². The number of sulfonamides is 1. The maximum absolute atomic E-state index is 11.5. The molecule has 114 valence electrons. The molecule has 1 aliphatic heterocycles. The lowest BCUT2D eigenvalue weighted by Crippen LogP contribution is -2.48. The van der Waals surface area contributed by atoms with Crippen molar-refractivity contribution in [1.29, 1.82) is 5.26 Å². The average Bonchev–Trinajstić information content (AvgIpc) is 2.46. The fourth-order valence-corrected chi connectivity index (χ4v) is 4.04. The van der Waals surface area contributed by atoms with Gasteiger partial charge >= 0.3 is 0 Å². The lowest BCUT2D eigenvalue weighted by Gasteiger charge is -2.35. The predicted octanol–water partition coefficient (Wildman–Crippen LogP) is 1.75. The first-order valence-corrected chi connectivity index (χ1v) is 9.66. The zero-order valence-electron chi connectivity index (χ0n) is 12.2. The lowest BCUT2D eigenvalue weighted by molar-refractivity contribution is 0.388. The summed E-state index contributed by atoms with van der Waals surface area (Å²) in [5, 5.41) is 9.44. The van der Waals surface area contributed by atoms with Crippen LogP contribution in [0.1, 0.15) is 12.5 Å². The molecule has 5 nitrogen and oxygen atoms in total. The molecule has 1 aromatic rings. The molecule has 1 heterocycles. The van der Waals surface area contributed by atoms with Gasteiger partial charge in [0.2, 0.25) is 10.0 Å². The zero-order valence-corrected chi connectivity index (χ0v) is 13.9. The van der Waals surface area contributed by atoms with Crippen LogP contribution in [0.2, 0.25) is 0 Å². The normalized spacial score (nSPS) is 16.7. The van der Waals surface area contributed by atoms with Gasteiger partial charge in [-0.3, -0.25) is 0 Å². The Labute approximate surface area is 130 Å². The molecule has 7 heteroatoms. The fraction of sp³-hybridized carbons (Fsp3) is 0.500. The number of nitriles is 1. The lowest BCUT2D eigenvalue weighted by atomic mass is 10.1. The quantitative estimate of drug-likeness (QED) is 0.789. The van der Waals surface area contributed by atoms with E-state index in [9.17, 15) is 13.7 Å². The van der Waals surface area contributed by atoms with Gasteiger partial charge in [0.15, 0.2) is 0 Å². The summed E-state index contributed by atoms with van der Waals surface area (Å²) in [6.07, 6.45) is 1.24. The largest absolute Gasteiger partial charge is 0.368 e. The Morgan fingerprint density at radius 3 is 2.48 bits per heavy atom. The Morgan fingerprint density at radius 1 is 1.29 bits per heavy atom. The second kappa shape index (κ2) is 6.69. The number of benzene rings is 1. The van der Waals surface area contributed by atoms with E-state index in [1.165, 1.54) is 10.6 Å². The minimum absolute atomic E-state index is 0.467. The fourth-order valence-electron chi connectivity index (χ4n) is 2.43. The van der Waals surface area contributed by atoms with Gasteiger partial charge in [-0.05, 0) is 17.9 Å². The van der Waals surface area contributed by atoms with Gasteiger partial charge in [-0.1, -0.05) is 13.0 Å². The summed E-state index contributed by atoms with van der Waals surface area (Å²) in [4.78, 5) is 3.09. The topological polar surface area (TPSA) is 64.4 Å². The second-order valence-corrected chi connectivity index (χ2v) is 8.13. The Bertz CT molecular complexity index is 645. The highest BCUT2D eigenvalue weighted by Gasteiger charge is 2.25. The van der Waals surface area contributed by atoms with Crippen LogP contribution in [0.25, 0.3) is 0 Å². The van der Waals surface area contributed by atoms with E-state index in [2.05, 4.69) is 17.9 Å². The molecule has 0 radical (unpaired) electrons. The molecule has 0 aromatic heterocycles. The summed E-state index contributed by atoms with van der Waals surface area (Å²) in [5.74, 6) is 0.917. The highest BCUT2D eigenvalue weighted by molar-refractivity contribution is 7.99. The van der Waals surface area contributed by atoms with Gasteiger partial charge in [0.1, 0.15) is 6.07 Å². The standard InChI is InChI=1S/C14H19N3O2S2/c1-3-20-14-6-4-5-13(12(14)11-15)16-7-9-17(10-8-16)21(2,18)19/h4-6H,3,7-10H2,1-2H3. The number of rotatable bonds is 4. The number of hydrogen-bond donors (Lipinski definition) is 0. The van der Waals surface area contributed by atoms with Crippen LogP contribution in [0.3, 0.4) is 0 Å². The molecule has 0 saturated carbocycles. The minimum atomic E-state index is -3.13. The number of hydrogen-bond acceptors (Lipinski definition) is 5. The monoisotopic (exact) mass is 325 g/mol. The first kappa shape index (κ1) is 16.1. The molecule has 0 amide bonds. The number of piperazine rings is 1. The molecule has 2 rings (SSSR count). The van der Waals surface area contributed by atoms with Crippen LogP contribution in [0.4, 0.5) is 5.69 Å². The molecule has 0 unspecified atom stereocenters. The van der Waals surface area contributed by atoms with E-state index in [0.29, 0.717) is 31.7 Å². The SMILES string of the molecule is CCSc1cccc(N2CCN(S(C)(=O)=O)CC2)c1C#N. The molecule has 1 aliphatic rings. The number of anilines is 1. The summed E-state index contributed by atoms with van der Waals surface area (Å²) in [5.41, 5.74) is 1.60. The second-order valence-electron chi connectivity index (χ2n) is 4.84. The summed E-state index contributed by atoms with van der Waals surface area (Å²) >= 11 is 1.65. The third-order valence-electron chi connectivity index (χ3n) is 3.46. The Morgan fingerprint density at radius 2 is 1.95 bits per heavy atom. The van der Waals surface area contributed by atoms with Crippen molar-refractivity contribution >= 4 is 27.5 Å². The van der Waals surface area contributed by atoms with Crippen molar-refractivity contribution in [3.05, 3.63) is 23.8 Å². The van der Waals surface area contributed by atoms with Crippen LogP contribution >= 0.6 is 11.8 Å². The van der Waals surface area contributed by atoms with Crippen molar-refractivity contribution in [2.45, 2.75) is 11.8 Å². The molecule has 0 aliphatic carbocycles. The average molecular weight is 325 g/mol. The highest BCUT2D eigenvalue weighted by atomic mass is 32.2. The van der Waals surface area contributed by atoms with Crippen molar-refractivity contribution in [3.8, 4) is 6.07 Å². The van der Waals surface area contributed by atoms with E-state index in [0.717, 1.165) is 16.3 Å². The smallest absolute Gasteiger partial charge is 0.211 e. The molecule has 1 saturated heterocycles. The summed E-state index contributed by atoms with van der Waals surface area (Å²) in [6, 6.07) is 8.15. The third kappa shape index (κ3) is 3.70. The Balaban J connectivity index is 2.21.